The van der Waals surface area contributed by atoms with Gasteiger partial charge in [-0.2, -0.15) is 5.26 Å². The fraction of sp³-hybridized carbons (Fsp3) is 0.143. The van der Waals surface area contributed by atoms with Gasteiger partial charge in [0.1, 0.15) is 16.8 Å². The highest BCUT2D eigenvalue weighted by atomic mass is 32.1. The van der Waals surface area contributed by atoms with Crippen LogP contribution in [-0.4, -0.2) is 11.1 Å². The van der Waals surface area contributed by atoms with Gasteiger partial charge in [-0.1, -0.05) is 0 Å². The number of nitriles is 1. The molecule has 1 aromatic heterocycles. The summed E-state index contributed by atoms with van der Waals surface area (Å²) in [6.07, 6.45) is 0. The lowest BCUT2D eigenvalue weighted by Crippen LogP contribution is -2.02. The molecule has 0 saturated heterocycles. The predicted octanol–water partition coefficient (Wildman–Crippen LogP) is 3.38. The van der Waals surface area contributed by atoms with E-state index in [2.05, 4.69) is 5.32 Å². The predicted molar refractivity (Wildman–Crippen MR) is 74.5 cm³/mol. The van der Waals surface area contributed by atoms with Crippen molar-refractivity contribution in [1.82, 2.24) is 0 Å². The van der Waals surface area contributed by atoms with Crippen LogP contribution in [0.2, 0.25) is 0 Å². The average molecular weight is 290 g/mol. The van der Waals surface area contributed by atoms with Gasteiger partial charge in [-0.15, -0.1) is 11.3 Å². The molecule has 0 fully saturated rings. The molecule has 1 heterocycles. The van der Waals surface area contributed by atoms with Gasteiger partial charge in [0.05, 0.1) is 11.3 Å². The molecule has 0 unspecified atom stereocenters. The maximum Gasteiger partial charge on any atom is 0.345 e. The topological polar surface area (TPSA) is 73.1 Å². The van der Waals surface area contributed by atoms with Crippen molar-refractivity contribution in [3.63, 3.8) is 0 Å². The van der Waals surface area contributed by atoms with E-state index in [1.807, 2.05) is 13.0 Å². The van der Waals surface area contributed by atoms with E-state index in [9.17, 15) is 9.18 Å². The van der Waals surface area contributed by atoms with Gasteiger partial charge in [-0.25, -0.2) is 9.18 Å². The molecule has 1 aromatic carbocycles. The number of thiophene rings is 1. The standard InChI is InChI=1S/C14H11FN2O2S/c1-8-10(5-13(20-8)14(18)19)7-17-12-3-2-11(15)4-9(12)6-16/h2-5,17H,7H2,1H3,(H,18,19). The van der Waals surface area contributed by atoms with E-state index in [0.29, 0.717) is 12.2 Å². The van der Waals surface area contributed by atoms with Crippen LogP contribution in [0.5, 0.6) is 0 Å². The number of rotatable bonds is 4. The van der Waals surface area contributed by atoms with E-state index in [0.717, 1.165) is 16.5 Å². The Morgan fingerprint density at radius 3 is 2.85 bits per heavy atom. The molecule has 20 heavy (non-hydrogen) atoms. The van der Waals surface area contributed by atoms with Crippen LogP contribution in [0, 0.1) is 24.1 Å². The first kappa shape index (κ1) is 14.0. The number of nitrogens with one attached hydrogen (secondary N) is 1. The third-order valence-corrected chi connectivity index (χ3v) is 3.88. The number of benzene rings is 1. The average Bonchev–Trinajstić information content (AvgIpc) is 2.79. The molecule has 0 aliphatic rings. The fourth-order valence-corrected chi connectivity index (χ4v) is 2.63. The molecule has 0 atom stereocenters. The molecule has 0 aliphatic heterocycles. The lowest BCUT2D eigenvalue weighted by molar-refractivity contribution is 0.0702. The van der Waals surface area contributed by atoms with Crippen LogP contribution in [0.3, 0.4) is 0 Å². The highest BCUT2D eigenvalue weighted by Crippen LogP contribution is 2.23. The van der Waals surface area contributed by atoms with Gasteiger partial charge in [0, 0.05) is 11.4 Å². The Hall–Kier alpha value is -2.39. The minimum atomic E-state index is -0.955. The summed E-state index contributed by atoms with van der Waals surface area (Å²) >= 11 is 1.21. The summed E-state index contributed by atoms with van der Waals surface area (Å²) in [5.41, 5.74) is 1.59. The first-order chi connectivity index (χ1) is 9.51. The molecule has 0 saturated carbocycles. The fourth-order valence-electron chi connectivity index (χ4n) is 1.75. The first-order valence-corrected chi connectivity index (χ1v) is 6.59. The zero-order valence-corrected chi connectivity index (χ0v) is 11.4. The number of aryl methyl sites for hydroxylation is 1. The molecular weight excluding hydrogens is 279 g/mol. The Labute approximate surface area is 119 Å². The number of carboxylic acids is 1. The minimum Gasteiger partial charge on any atom is -0.477 e. The third-order valence-electron chi connectivity index (χ3n) is 2.80. The van der Waals surface area contributed by atoms with Gasteiger partial charge in [-0.3, -0.25) is 0 Å². The summed E-state index contributed by atoms with van der Waals surface area (Å²) in [5.74, 6) is -1.42. The van der Waals surface area contributed by atoms with Crippen LogP contribution in [0.15, 0.2) is 24.3 Å². The zero-order chi connectivity index (χ0) is 14.7. The zero-order valence-electron chi connectivity index (χ0n) is 10.6. The lowest BCUT2D eigenvalue weighted by Gasteiger charge is -2.07. The number of anilines is 1. The third kappa shape index (κ3) is 2.95. The second kappa shape index (κ2) is 5.72. The van der Waals surface area contributed by atoms with E-state index in [1.54, 1.807) is 6.07 Å². The summed E-state index contributed by atoms with van der Waals surface area (Å²) in [7, 11) is 0. The van der Waals surface area contributed by atoms with E-state index in [4.69, 9.17) is 10.4 Å². The normalized spacial score (nSPS) is 10.1. The molecular formula is C14H11FN2O2S. The lowest BCUT2D eigenvalue weighted by atomic mass is 10.1. The Bertz CT molecular complexity index is 704. The Morgan fingerprint density at radius 2 is 2.25 bits per heavy atom. The van der Waals surface area contributed by atoms with E-state index >= 15 is 0 Å². The van der Waals surface area contributed by atoms with E-state index in [-0.39, 0.29) is 10.4 Å². The van der Waals surface area contributed by atoms with Gasteiger partial charge in [0.2, 0.25) is 0 Å². The first-order valence-electron chi connectivity index (χ1n) is 5.77. The van der Waals surface area contributed by atoms with Crippen LogP contribution in [0.1, 0.15) is 25.7 Å². The summed E-state index contributed by atoms with van der Waals surface area (Å²) in [6.45, 7) is 2.22. The van der Waals surface area contributed by atoms with Crippen molar-refractivity contribution in [3.8, 4) is 6.07 Å². The van der Waals surface area contributed by atoms with Crippen molar-refractivity contribution >= 4 is 23.0 Å². The van der Waals surface area contributed by atoms with Crippen molar-refractivity contribution in [2.24, 2.45) is 0 Å². The molecule has 0 radical (unpaired) electrons. The molecule has 4 nitrogen and oxygen atoms in total. The Morgan fingerprint density at radius 1 is 1.50 bits per heavy atom. The Kier molecular flexibility index (Phi) is 4.01. The van der Waals surface area contributed by atoms with Crippen LogP contribution in [0.25, 0.3) is 0 Å². The van der Waals surface area contributed by atoms with Crippen molar-refractivity contribution in [2.75, 3.05) is 5.32 Å². The van der Waals surface area contributed by atoms with Crippen LogP contribution < -0.4 is 5.32 Å². The maximum atomic E-state index is 13.0. The van der Waals surface area contributed by atoms with Crippen LogP contribution >= 0.6 is 11.3 Å². The van der Waals surface area contributed by atoms with Gasteiger partial charge in [-0.05, 0) is 36.8 Å². The van der Waals surface area contributed by atoms with Gasteiger partial charge in [0.15, 0.2) is 0 Å². The molecule has 0 aliphatic carbocycles. The monoisotopic (exact) mass is 290 g/mol. The SMILES string of the molecule is Cc1sc(C(=O)O)cc1CNc1ccc(F)cc1C#N. The molecule has 2 rings (SSSR count). The summed E-state index contributed by atoms with van der Waals surface area (Å²) < 4.78 is 13.0. The molecule has 2 aromatic rings. The number of hydrogen-bond donors (Lipinski definition) is 2. The number of carbonyl (C=O) groups is 1. The van der Waals surface area contributed by atoms with Crippen molar-refractivity contribution in [2.45, 2.75) is 13.5 Å². The summed E-state index contributed by atoms with van der Waals surface area (Å²) in [5, 5.41) is 20.9. The van der Waals surface area contributed by atoms with Gasteiger partial charge < -0.3 is 10.4 Å². The summed E-state index contributed by atoms with van der Waals surface area (Å²) in [6, 6.07) is 7.44. The van der Waals surface area contributed by atoms with Crippen molar-refractivity contribution in [1.29, 1.82) is 5.26 Å². The largest absolute Gasteiger partial charge is 0.477 e. The summed E-state index contributed by atoms with van der Waals surface area (Å²) in [4.78, 5) is 12.1. The molecule has 6 heteroatoms. The number of hydrogen-bond acceptors (Lipinski definition) is 4. The highest BCUT2D eigenvalue weighted by molar-refractivity contribution is 7.14. The van der Waals surface area contributed by atoms with Crippen molar-refractivity contribution in [3.05, 3.63) is 51.0 Å². The number of carboxylic acid groups (broad SMARTS) is 1. The minimum absolute atomic E-state index is 0.219. The smallest absolute Gasteiger partial charge is 0.345 e. The van der Waals surface area contributed by atoms with E-state index < -0.39 is 11.8 Å². The van der Waals surface area contributed by atoms with Gasteiger partial charge in [0.25, 0.3) is 0 Å². The molecule has 0 bridgehead atoms. The Balaban J connectivity index is 2.17. The number of halogens is 1. The molecule has 0 amide bonds. The second-order valence-corrected chi connectivity index (χ2v) is 5.41. The highest BCUT2D eigenvalue weighted by Gasteiger charge is 2.11. The van der Waals surface area contributed by atoms with Crippen molar-refractivity contribution < 1.29 is 14.3 Å². The van der Waals surface area contributed by atoms with Gasteiger partial charge >= 0.3 is 5.97 Å². The van der Waals surface area contributed by atoms with Crippen LogP contribution in [-0.2, 0) is 6.54 Å². The second-order valence-electron chi connectivity index (χ2n) is 4.15. The maximum absolute atomic E-state index is 13.0. The van der Waals surface area contributed by atoms with E-state index in [1.165, 1.54) is 23.5 Å². The molecule has 0 spiro atoms. The number of aromatic carboxylic acids is 1. The van der Waals surface area contributed by atoms with Crippen LogP contribution in [0.4, 0.5) is 10.1 Å². The number of nitrogens with zero attached hydrogens (tertiary/aromatic N) is 1. The quantitative estimate of drug-likeness (QED) is 0.905. The molecule has 102 valence electrons. The molecule has 2 N–H and O–H groups in total.